The molecule has 2 nitrogen and oxygen atoms in total. The highest BCUT2D eigenvalue weighted by atomic mass is 16.5. The third-order valence-electron chi connectivity index (χ3n) is 3.47. The molecule has 0 bridgehead atoms. The first kappa shape index (κ1) is 13.7. The molecule has 1 fully saturated rings. The summed E-state index contributed by atoms with van der Waals surface area (Å²) in [6, 6.07) is 0. The zero-order valence-corrected chi connectivity index (χ0v) is 11.1. The Balaban J connectivity index is 2.16. The SMILES string of the molecule is COCCNCC(C)=CC1CCC(C)CC1. The Bertz CT molecular complexity index is 205. The van der Waals surface area contributed by atoms with E-state index in [2.05, 4.69) is 25.2 Å². The van der Waals surface area contributed by atoms with Gasteiger partial charge in [-0.05, 0) is 31.6 Å². The Kier molecular flexibility index (Phi) is 6.74. The van der Waals surface area contributed by atoms with Gasteiger partial charge in [-0.15, -0.1) is 0 Å². The molecule has 0 unspecified atom stereocenters. The van der Waals surface area contributed by atoms with E-state index in [1.54, 1.807) is 7.11 Å². The Morgan fingerprint density at radius 1 is 1.31 bits per heavy atom. The molecule has 0 atom stereocenters. The van der Waals surface area contributed by atoms with Crippen molar-refractivity contribution in [2.75, 3.05) is 26.8 Å². The lowest BCUT2D eigenvalue weighted by Crippen LogP contribution is -2.21. The molecule has 2 heteroatoms. The number of methoxy groups -OCH3 is 1. The Morgan fingerprint density at radius 2 is 2.00 bits per heavy atom. The van der Waals surface area contributed by atoms with Crippen LogP contribution in [-0.2, 0) is 4.74 Å². The van der Waals surface area contributed by atoms with Gasteiger partial charge in [0, 0.05) is 20.2 Å². The lowest BCUT2D eigenvalue weighted by atomic mass is 9.82. The Labute approximate surface area is 100 Å². The average Bonchev–Trinajstić information content (AvgIpc) is 2.28. The fourth-order valence-corrected chi connectivity index (χ4v) is 2.37. The van der Waals surface area contributed by atoms with Crippen LogP contribution < -0.4 is 5.32 Å². The van der Waals surface area contributed by atoms with Crippen LogP contribution in [0, 0.1) is 11.8 Å². The number of nitrogens with one attached hydrogen (secondary N) is 1. The minimum atomic E-state index is 0.800. The molecule has 1 rings (SSSR count). The van der Waals surface area contributed by atoms with Gasteiger partial charge in [-0.3, -0.25) is 0 Å². The molecule has 0 spiro atoms. The summed E-state index contributed by atoms with van der Waals surface area (Å²) in [7, 11) is 1.74. The van der Waals surface area contributed by atoms with Crippen molar-refractivity contribution < 1.29 is 4.74 Å². The lowest BCUT2D eigenvalue weighted by Gasteiger charge is -2.24. The van der Waals surface area contributed by atoms with Crippen LogP contribution in [0.15, 0.2) is 11.6 Å². The van der Waals surface area contributed by atoms with Crippen LogP contribution in [0.25, 0.3) is 0 Å². The van der Waals surface area contributed by atoms with Crippen LogP contribution in [0.2, 0.25) is 0 Å². The molecule has 1 saturated carbocycles. The molecule has 94 valence electrons. The first-order valence-electron chi connectivity index (χ1n) is 6.59. The minimum absolute atomic E-state index is 0.800. The Hall–Kier alpha value is -0.340. The lowest BCUT2D eigenvalue weighted by molar-refractivity contribution is 0.200. The van der Waals surface area contributed by atoms with Gasteiger partial charge in [0.05, 0.1) is 6.61 Å². The summed E-state index contributed by atoms with van der Waals surface area (Å²) >= 11 is 0. The smallest absolute Gasteiger partial charge is 0.0587 e. The van der Waals surface area contributed by atoms with Gasteiger partial charge in [0.25, 0.3) is 0 Å². The second-order valence-electron chi connectivity index (χ2n) is 5.20. The number of hydrogen-bond donors (Lipinski definition) is 1. The first-order chi connectivity index (χ1) is 7.72. The molecule has 1 N–H and O–H groups in total. The van der Waals surface area contributed by atoms with Crippen molar-refractivity contribution in [2.45, 2.75) is 39.5 Å². The summed E-state index contributed by atoms with van der Waals surface area (Å²) in [4.78, 5) is 0. The summed E-state index contributed by atoms with van der Waals surface area (Å²) in [5.74, 6) is 1.78. The van der Waals surface area contributed by atoms with E-state index < -0.39 is 0 Å². The molecule has 16 heavy (non-hydrogen) atoms. The van der Waals surface area contributed by atoms with Gasteiger partial charge in [0.2, 0.25) is 0 Å². The summed E-state index contributed by atoms with van der Waals surface area (Å²) in [6.45, 7) is 7.37. The van der Waals surface area contributed by atoms with Gasteiger partial charge >= 0.3 is 0 Å². The highest BCUT2D eigenvalue weighted by Crippen LogP contribution is 2.29. The highest BCUT2D eigenvalue weighted by Gasteiger charge is 2.16. The van der Waals surface area contributed by atoms with E-state index >= 15 is 0 Å². The summed E-state index contributed by atoms with van der Waals surface area (Å²) in [6.07, 6.45) is 8.07. The van der Waals surface area contributed by atoms with Crippen molar-refractivity contribution in [2.24, 2.45) is 11.8 Å². The zero-order valence-electron chi connectivity index (χ0n) is 11.1. The standard InChI is InChI=1S/C14H27NO/c1-12-4-6-14(7-5-12)10-13(2)11-15-8-9-16-3/h10,12,14-15H,4-9,11H2,1-3H3. The maximum absolute atomic E-state index is 5.00. The monoisotopic (exact) mass is 225 g/mol. The molecule has 0 aromatic carbocycles. The van der Waals surface area contributed by atoms with E-state index in [0.29, 0.717) is 0 Å². The van der Waals surface area contributed by atoms with Crippen LogP contribution in [0.5, 0.6) is 0 Å². The molecular formula is C14H27NO. The van der Waals surface area contributed by atoms with Gasteiger partial charge in [0.15, 0.2) is 0 Å². The molecule has 0 amide bonds. The first-order valence-corrected chi connectivity index (χ1v) is 6.59. The van der Waals surface area contributed by atoms with E-state index in [9.17, 15) is 0 Å². The topological polar surface area (TPSA) is 21.3 Å². The normalized spacial score (nSPS) is 27.1. The third kappa shape index (κ3) is 5.66. The predicted octanol–water partition coefficient (Wildman–Crippen LogP) is 3.00. The molecule has 0 aliphatic heterocycles. The summed E-state index contributed by atoms with van der Waals surface area (Å²) in [5.41, 5.74) is 1.48. The summed E-state index contributed by atoms with van der Waals surface area (Å²) < 4.78 is 5.00. The fraction of sp³-hybridized carbons (Fsp3) is 0.857. The molecule has 0 heterocycles. The van der Waals surface area contributed by atoms with Crippen LogP contribution in [0.4, 0.5) is 0 Å². The van der Waals surface area contributed by atoms with Crippen molar-refractivity contribution in [3.05, 3.63) is 11.6 Å². The van der Waals surface area contributed by atoms with Crippen molar-refractivity contribution in [1.29, 1.82) is 0 Å². The van der Waals surface area contributed by atoms with Gasteiger partial charge in [-0.25, -0.2) is 0 Å². The van der Waals surface area contributed by atoms with Crippen molar-refractivity contribution in [1.82, 2.24) is 5.32 Å². The molecule has 0 saturated heterocycles. The van der Waals surface area contributed by atoms with Crippen LogP contribution in [0.1, 0.15) is 39.5 Å². The average molecular weight is 225 g/mol. The van der Waals surface area contributed by atoms with Crippen molar-refractivity contribution in [3.63, 3.8) is 0 Å². The molecule has 0 aromatic heterocycles. The van der Waals surface area contributed by atoms with Crippen molar-refractivity contribution in [3.8, 4) is 0 Å². The Morgan fingerprint density at radius 3 is 2.62 bits per heavy atom. The predicted molar refractivity (Wildman–Crippen MR) is 69.6 cm³/mol. The molecule has 0 radical (unpaired) electrons. The maximum atomic E-state index is 5.00. The minimum Gasteiger partial charge on any atom is -0.383 e. The van der Waals surface area contributed by atoms with E-state index in [1.165, 1.54) is 31.3 Å². The highest BCUT2D eigenvalue weighted by molar-refractivity contribution is 5.03. The summed E-state index contributed by atoms with van der Waals surface area (Å²) in [5, 5.41) is 3.39. The van der Waals surface area contributed by atoms with Crippen LogP contribution in [0.3, 0.4) is 0 Å². The van der Waals surface area contributed by atoms with E-state index in [1.807, 2.05) is 0 Å². The van der Waals surface area contributed by atoms with Crippen LogP contribution >= 0.6 is 0 Å². The molecule has 1 aliphatic carbocycles. The quantitative estimate of drug-likeness (QED) is 0.554. The zero-order chi connectivity index (χ0) is 11.8. The van der Waals surface area contributed by atoms with Gasteiger partial charge in [-0.1, -0.05) is 31.4 Å². The second-order valence-corrected chi connectivity index (χ2v) is 5.20. The second kappa shape index (κ2) is 7.86. The van der Waals surface area contributed by atoms with E-state index in [4.69, 9.17) is 4.74 Å². The van der Waals surface area contributed by atoms with Gasteiger partial charge in [-0.2, -0.15) is 0 Å². The van der Waals surface area contributed by atoms with Gasteiger partial charge < -0.3 is 10.1 Å². The number of hydrogen-bond acceptors (Lipinski definition) is 2. The van der Waals surface area contributed by atoms with Crippen molar-refractivity contribution >= 4 is 0 Å². The largest absolute Gasteiger partial charge is 0.383 e. The third-order valence-corrected chi connectivity index (χ3v) is 3.47. The van der Waals surface area contributed by atoms with E-state index in [-0.39, 0.29) is 0 Å². The number of allylic oxidation sites excluding steroid dienone is 1. The number of rotatable bonds is 6. The molecule has 0 aromatic rings. The number of ether oxygens (including phenoxy) is 1. The van der Waals surface area contributed by atoms with Gasteiger partial charge in [0.1, 0.15) is 0 Å². The molecular weight excluding hydrogens is 198 g/mol. The van der Waals surface area contributed by atoms with Crippen LogP contribution in [-0.4, -0.2) is 26.8 Å². The molecule has 1 aliphatic rings. The maximum Gasteiger partial charge on any atom is 0.0587 e. The van der Waals surface area contributed by atoms with E-state index in [0.717, 1.165) is 31.5 Å². The fourth-order valence-electron chi connectivity index (χ4n) is 2.37.